The van der Waals surface area contributed by atoms with Crippen molar-refractivity contribution < 1.29 is 4.92 Å². The number of rotatable bonds is 2. The Bertz CT molecular complexity index is 880. The van der Waals surface area contributed by atoms with Crippen molar-refractivity contribution in [3.05, 3.63) is 50.9 Å². The number of pyridine rings is 1. The number of anilines is 1. The van der Waals surface area contributed by atoms with Gasteiger partial charge in [0.2, 0.25) is 0 Å². The van der Waals surface area contributed by atoms with Gasteiger partial charge in [0.1, 0.15) is 11.4 Å². The van der Waals surface area contributed by atoms with Crippen LogP contribution in [0.2, 0.25) is 0 Å². The van der Waals surface area contributed by atoms with Crippen molar-refractivity contribution in [2.24, 2.45) is 0 Å². The van der Waals surface area contributed by atoms with Crippen molar-refractivity contribution in [3.63, 3.8) is 0 Å². The number of aromatic nitrogens is 3. The topological polar surface area (TPSA) is 131 Å². The smallest absolute Gasteiger partial charge is 0.297 e. The molecule has 4 N–H and O–H groups in total. The van der Waals surface area contributed by atoms with Gasteiger partial charge in [-0.25, -0.2) is 4.98 Å². The minimum Gasteiger partial charge on any atom is -0.398 e. The van der Waals surface area contributed by atoms with Gasteiger partial charge in [-0.3, -0.25) is 14.9 Å². The Balaban J connectivity index is 2.32. The number of imidazole rings is 1. The molecule has 0 unspecified atom stereocenters. The van der Waals surface area contributed by atoms with Crippen molar-refractivity contribution in [1.82, 2.24) is 15.0 Å². The highest BCUT2D eigenvalue weighted by atomic mass is 16.6. The minimum absolute atomic E-state index is 0.129. The Morgan fingerprint density at radius 1 is 1.30 bits per heavy atom. The van der Waals surface area contributed by atoms with E-state index in [0.717, 1.165) is 0 Å². The fourth-order valence-corrected chi connectivity index (χ4v) is 2.02. The number of hydrogen-bond donors (Lipinski definition) is 3. The zero-order valence-corrected chi connectivity index (χ0v) is 10.1. The summed E-state index contributed by atoms with van der Waals surface area (Å²) in [5.41, 5.74) is 6.29. The van der Waals surface area contributed by atoms with Gasteiger partial charge in [-0.1, -0.05) is 6.07 Å². The number of nitrogens with zero attached hydrogens (tertiary/aromatic N) is 2. The lowest BCUT2D eigenvalue weighted by molar-refractivity contribution is -0.383. The first kappa shape index (κ1) is 11.9. The van der Waals surface area contributed by atoms with Crippen LogP contribution >= 0.6 is 0 Å². The second kappa shape index (κ2) is 4.19. The Hall–Kier alpha value is -3.16. The van der Waals surface area contributed by atoms with Crippen LogP contribution in [0, 0.1) is 10.1 Å². The first-order valence-electron chi connectivity index (χ1n) is 5.68. The van der Waals surface area contributed by atoms with Crippen LogP contribution in [0.1, 0.15) is 0 Å². The summed E-state index contributed by atoms with van der Waals surface area (Å²) in [5, 5.41) is 11.0. The van der Waals surface area contributed by atoms with Crippen molar-refractivity contribution >= 4 is 22.4 Å². The summed E-state index contributed by atoms with van der Waals surface area (Å²) < 4.78 is 0. The zero-order valence-electron chi connectivity index (χ0n) is 10.1. The number of hydrogen-bond acceptors (Lipinski definition) is 5. The summed E-state index contributed by atoms with van der Waals surface area (Å²) in [7, 11) is 0. The summed E-state index contributed by atoms with van der Waals surface area (Å²) in [5.74, 6) is 0.202. The quantitative estimate of drug-likeness (QED) is 0.479. The normalized spacial score (nSPS) is 10.8. The molecule has 0 spiro atoms. The van der Waals surface area contributed by atoms with E-state index in [0.29, 0.717) is 5.52 Å². The summed E-state index contributed by atoms with van der Waals surface area (Å²) in [6.07, 6.45) is 1.42. The first-order chi connectivity index (χ1) is 9.58. The minimum atomic E-state index is -0.522. The molecular formula is C12H9N5O3. The van der Waals surface area contributed by atoms with Crippen LogP contribution in [-0.2, 0) is 0 Å². The standard InChI is InChI=1S/C12H9N5O3/c13-6-4-5-14-12(18)9(6)11-15-7-2-1-3-8(17(19)20)10(7)16-11/h1-5H,(H,15,16)(H3,13,14,18). The molecule has 0 bridgehead atoms. The third-order valence-corrected chi connectivity index (χ3v) is 2.92. The number of H-pyrrole nitrogens is 2. The number of nitrogen functional groups attached to an aromatic ring is 1. The number of non-ortho nitro benzene ring substituents is 1. The highest BCUT2D eigenvalue weighted by molar-refractivity contribution is 5.88. The summed E-state index contributed by atoms with van der Waals surface area (Å²) in [4.78, 5) is 31.7. The number of benzene rings is 1. The van der Waals surface area contributed by atoms with Crippen molar-refractivity contribution in [2.45, 2.75) is 0 Å². The highest BCUT2D eigenvalue weighted by Crippen LogP contribution is 2.27. The fraction of sp³-hybridized carbons (Fsp3) is 0. The van der Waals surface area contributed by atoms with E-state index >= 15 is 0 Å². The lowest BCUT2D eigenvalue weighted by atomic mass is 10.2. The zero-order chi connectivity index (χ0) is 14.3. The second-order valence-electron chi connectivity index (χ2n) is 4.15. The van der Waals surface area contributed by atoms with E-state index in [1.807, 2.05) is 0 Å². The van der Waals surface area contributed by atoms with Crippen molar-refractivity contribution in [3.8, 4) is 11.4 Å². The fourth-order valence-electron chi connectivity index (χ4n) is 2.02. The Morgan fingerprint density at radius 3 is 2.80 bits per heavy atom. The van der Waals surface area contributed by atoms with Crippen molar-refractivity contribution in [2.75, 3.05) is 5.73 Å². The molecule has 8 nitrogen and oxygen atoms in total. The molecular weight excluding hydrogens is 262 g/mol. The molecule has 0 saturated heterocycles. The molecule has 0 fully saturated rings. The lowest BCUT2D eigenvalue weighted by Crippen LogP contribution is -2.11. The number of fused-ring (bicyclic) bond motifs is 1. The predicted octanol–water partition coefficient (Wildman–Crippen LogP) is 1.41. The molecule has 0 aliphatic carbocycles. The van der Waals surface area contributed by atoms with Crippen LogP contribution in [0.3, 0.4) is 0 Å². The van der Waals surface area contributed by atoms with Crippen LogP contribution < -0.4 is 11.3 Å². The maximum Gasteiger partial charge on any atom is 0.297 e. The molecule has 8 heteroatoms. The van der Waals surface area contributed by atoms with Crippen LogP contribution in [0.25, 0.3) is 22.4 Å². The van der Waals surface area contributed by atoms with Crippen LogP contribution in [-0.4, -0.2) is 19.9 Å². The Morgan fingerprint density at radius 2 is 2.10 bits per heavy atom. The monoisotopic (exact) mass is 271 g/mol. The van der Waals surface area contributed by atoms with E-state index in [9.17, 15) is 14.9 Å². The number of nitrogens with one attached hydrogen (secondary N) is 2. The molecule has 0 amide bonds. The van der Waals surface area contributed by atoms with Crippen LogP contribution in [0.4, 0.5) is 11.4 Å². The van der Waals surface area contributed by atoms with E-state index in [-0.39, 0.29) is 28.3 Å². The summed E-state index contributed by atoms with van der Waals surface area (Å²) >= 11 is 0. The third kappa shape index (κ3) is 1.70. The van der Waals surface area contributed by atoms with Crippen LogP contribution in [0.5, 0.6) is 0 Å². The van der Waals surface area contributed by atoms with Gasteiger partial charge in [0.05, 0.1) is 10.4 Å². The van der Waals surface area contributed by atoms with E-state index in [1.54, 1.807) is 12.1 Å². The molecule has 0 atom stereocenters. The van der Waals surface area contributed by atoms with Crippen LogP contribution in [0.15, 0.2) is 35.3 Å². The average molecular weight is 271 g/mol. The van der Waals surface area contributed by atoms with E-state index in [2.05, 4.69) is 15.0 Å². The second-order valence-corrected chi connectivity index (χ2v) is 4.15. The van der Waals surface area contributed by atoms with Crippen molar-refractivity contribution in [1.29, 1.82) is 0 Å². The molecule has 3 rings (SSSR count). The maximum atomic E-state index is 11.8. The molecule has 1 aromatic carbocycles. The predicted molar refractivity (Wildman–Crippen MR) is 73.2 cm³/mol. The van der Waals surface area contributed by atoms with Gasteiger partial charge in [-0.15, -0.1) is 0 Å². The van der Waals surface area contributed by atoms with Gasteiger partial charge in [-0.2, -0.15) is 0 Å². The lowest BCUT2D eigenvalue weighted by Gasteiger charge is -1.99. The van der Waals surface area contributed by atoms with Gasteiger partial charge < -0.3 is 15.7 Å². The molecule has 3 aromatic rings. The van der Waals surface area contributed by atoms with E-state index in [4.69, 9.17) is 5.73 Å². The van der Waals surface area contributed by atoms with Gasteiger partial charge in [0, 0.05) is 18.0 Å². The van der Waals surface area contributed by atoms with Gasteiger partial charge in [-0.05, 0) is 12.1 Å². The summed E-state index contributed by atoms with van der Waals surface area (Å²) in [6.45, 7) is 0. The molecule has 0 saturated carbocycles. The Labute approximate surface area is 111 Å². The van der Waals surface area contributed by atoms with Gasteiger partial charge in [0.25, 0.3) is 11.2 Å². The molecule has 0 radical (unpaired) electrons. The molecule has 2 heterocycles. The molecule has 0 aliphatic heterocycles. The van der Waals surface area contributed by atoms with E-state index < -0.39 is 10.5 Å². The number of aromatic amines is 2. The van der Waals surface area contributed by atoms with Gasteiger partial charge >= 0.3 is 0 Å². The summed E-state index contributed by atoms with van der Waals surface area (Å²) in [6, 6.07) is 6.07. The van der Waals surface area contributed by atoms with E-state index in [1.165, 1.54) is 18.3 Å². The average Bonchev–Trinajstić information content (AvgIpc) is 2.81. The number of nitrogens with two attached hydrogens (primary N) is 1. The van der Waals surface area contributed by atoms with Gasteiger partial charge in [0.15, 0.2) is 5.52 Å². The number of para-hydroxylation sites is 1. The first-order valence-corrected chi connectivity index (χ1v) is 5.68. The third-order valence-electron chi connectivity index (χ3n) is 2.92. The highest BCUT2D eigenvalue weighted by Gasteiger charge is 2.18. The molecule has 100 valence electrons. The molecule has 2 aromatic heterocycles. The SMILES string of the molecule is Nc1cc[nH]c(=O)c1-c1nc2c([N+](=O)[O-])cccc2[nH]1. The largest absolute Gasteiger partial charge is 0.398 e. The number of nitro benzene ring substituents is 1. The Kier molecular flexibility index (Phi) is 2.50. The number of nitro groups is 1. The molecule has 0 aliphatic rings. The maximum absolute atomic E-state index is 11.8. The molecule has 20 heavy (non-hydrogen) atoms.